The minimum atomic E-state index is -1.05. The molecular weight excluding hydrogens is 412 g/mol. The molecular formula is C29H50O4. The summed E-state index contributed by atoms with van der Waals surface area (Å²) in [7, 11) is 0. The molecule has 4 rings (SSSR count). The van der Waals surface area contributed by atoms with Crippen molar-refractivity contribution in [1.29, 1.82) is 0 Å². The van der Waals surface area contributed by atoms with Crippen molar-refractivity contribution in [3.05, 3.63) is 11.6 Å². The van der Waals surface area contributed by atoms with Gasteiger partial charge in [0.25, 0.3) is 0 Å². The molecule has 0 amide bonds. The summed E-state index contributed by atoms with van der Waals surface area (Å²) in [4.78, 5) is 0. The Bertz CT molecular complexity index is 781. The van der Waals surface area contributed by atoms with Crippen molar-refractivity contribution in [2.24, 2.45) is 39.4 Å². The van der Waals surface area contributed by atoms with Crippen molar-refractivity contribution < 1.29 is 20.4 Å². The van der Waals surface area contributed by atoms with Crippen LogP contribution < -0.4 is 0 Å². The molecule has 0 spiro atoms. The Morgan fingerprint density at radius 1 is 1.00 bits per heavy atom. The minimum Gasteiger partial charge on any atom is -0.393 e. The fourth-order valence-corrected chi connectivity index (χ4v) is 9.20. The van der Waals surface area contributed by atoms with Crippen LogP contribution in [0.2, 0.25) is 0 Å². The maximum Gasteiger partial charge on any atom is 0.0849 e. The Balaban J connectivity index is 1.59. The molecule has 4 N–H and O–H groups in total. The van der Waals surface area contributed by atoms with Gasteiger partial charge in [0, 0.05) is 10.8 Å². The normalized spacial score (nSPS) is 47.8. The number of fused-ring (bicyclic) bond motifs is 5. The van der Waals surface area contributed by atoms with Gasteiger partial charge in [-0.2, -0.15) is 0 Å². The third-order valence-electron chi connectivity index (χ3n) is 11.9. The van der Waals surface area contributed by atoms with Gasteiger partial charge in [0.15, 0.2) is 0 Å². The van der Waals surface area contributed by atoms with Crippen LogP contribution in [0.15, 0.2) is 11.6 Å². The van der Waals surface area contributed by atoms with Crippen LogP contribution in [0.25, 0.3) is 0 Å². The molecule has 190 valence electrons. The highest BCUT2D eigenvalue weighted by Gasteiger charge is 2.69. The third kappa shape index (κ3) is 3.60. The van der Waals surface area contributed by atoms with E-state index in [1.165, 1.54) is 18.4 Å². The van der Waals surface area contributed by atoms with Gasteiger partial charge in [-0.25, -0.2) is 0 Å². The van der Waals surface area contributed by atoms with Crippen molar-refractivity contribution in [2.75, 3.05) is 0 Å². The van der Waals surface area contributed by atoms with Crippen LogP contribution in [0.4, 0.5) is 0 Å². The van der Waals surface area contributed by atoms with Gasteiger partial charge in [0.2, 0.25) is 0 Å². The van der Waals surface area contributed by atoms with Crippen LogP contribution in [0.1, 0.15) is 106 Å². The summed E-state index contributed by atoms with van der Waals surface area (Å²) in [5.74, 6) is 1.35. The van der Waals surface area contributed by atoms with E-state index in [0.29, 0.717) is 24.2 Å². The lowest BCUT2D eigenvalue weighted by Crippen LogP contribution is -2.64. The topological polar surface area (TPSA) is 80.9 Å². The van der Waals surface area contributed by atoms with Gasteiger partial charge >= 0.3 is 0 Å². The lowest BCUT2D eigenvalue weighted by Gasteiger charge is -2.67. The van der Waals surface area contributed by atoms with Crippen molar-refractivity contribution in [1.82, 2.24) is 0 Å². The highest BCUT2D eigenvalue weighted by molar-refractivity contribution is 5.31. The number of aliphatic hydroxyl groups is 4. The molecule has 0 aliphatic heterocycles. The predicted molar refractivity (Wildman–Crippen MR) is 133 cm³/mol. The van der Waals surface area contributed by atoms with E-state index in [4.69, 9.17) is 0 Å². The lowest BCUT2D eigenvalue weighted by molar-refractivity contribution is -0.201. The maximum absolute atomic E-state index is 11.8. The second kappa shape index (κ2) is 8.05. The molecule has 0 heterocycles. The zero-order chi connectivity index (χ0) is 24.6. The van der Waals surface area contributed by atoms with Crippen LogP contribution in [0.3, 0.4) is 0 Å². The standard InChI is InChI=1S/C29H50O4/c1-25(2)19-11-13-21-27(5)16-15-18(9-8-10-23(31)26(3,4)33)28(27,6)17-24(32)29(21,7)20(19)12-14-22(25)30/h11,18,20-24,30-33H,8-10,12-17H2,1-7H3/t18-,20+,21+,22-,23+,24+,27-,28+,29-/m0/s1. The largest absolute Gasteiger partial charge is 0.393 e. The summed E-state index contributed by atoms with van der Waals surface area (Å²) < 4.78 is 0. The number of rotatable bonds is 5. The van der Waals surface area contributed by atoms with Crippen molar-refractivity contribution in [3.63, 3.8) is 0 Å². The highest BCUT2D eigenvalue weighted by Crippen LogP contribution is 2.74. The fourth-order valence-electron chi connectivity index (χ4n) is 9.20. The van der Waals surface area contributed by atoms with Crippen LogP contribution in [-0.2, 0) is 0 Å². The molecule has 0 aromatic heterocycles. The second-order valence-corrected chi connectivity index (χ2v) is 14.1. The molecule has 4 aliphatic carbocycles. The maximum atomic E-state index is 11.8. The molecule has 4 heteroatoms. The average molecular weight is 463 g/mol. The molecule has 33 heavy (non-hydrogen) atoms. The number of hydrogen-bond donors (Lipinski definition) is 4. The monoisotopic (exact) mass is 462 g/mol. The van der Waals surface area contributed by atoms with Crippen LogP contribution >= 0.6 is 0 Å². The molecule has 0 unspecified atom stereocenters. The summed E-state index contributed by atoms with van der Waals surface area (Å²) in [6.45, 7) is 15.1. The molecule has 3 saturated carbocycles. The molecule has 0 radical (unpaired) electrons. The molecule has 0 bridgehead atoms. The first-order valence-corrected chi connectivity index (χ1v) is 13.6. The predicted octanol–water partition coefficient (Wildman–Crippen LogP) is 5.23. The fraction of sp³-hybridized carbons (Fsp3) is 0.931. The van der Waals surface area contributed by atoms with Crippen molar-refractivity contribution in [2.45, 2.75) is 130 Å². The summed E-state index contributed by atoms with van der Waals surface area (Å²) in [6.07, 6.45) is 9.79. The first-order chi connectivity index (χ1) is 15.1. The molecule has 3 fully saturated rings. The number of aliphatic hydroxyl groups excluding tert-OH is 3. The Kier molecular flexibility index (Phi) is 6.26. The Hall–Kier alpha value is -0.420. The van der Waals surface area contributed by atoms with Gasteiger partial charge in [0.05, 0.1) is 23.9 Å². The van der Waals surface area contributed by atoms with Gasteiger partial charge in [-0.05, 0) is 93.8 Å². The zero-order valence-electron chi connectivity index (χ0n) is 22.2. The SMILES string of the molecule is CC(C)(O)[C@H](O)CCC[C@H]1CC[C@@]2(C)[C@H]3CC=C4[C@@H](CC[C@H](O)C4(C)C)[C@]3(C)[C@H](O)C[C@]12C. The number of allylic oxidation sites excluding steroid dienone is 1. The lowest BCUT2D eigenvalue weighted by atomic mass is 9.38. The Labute approximate surface area is 201 Å². The quantitative estimate of drug-likeness (QED) is 0.422. The van der Waals surface area contributed by atoms with Gasteiger partial charge in [-0.3, -0.25) is 0 Å². The van der Waals surface area contributed by atoms with Crippen LogP contribution in [-0.4, -0.2) is 44.3 Å². The van der Waals surface area contributed by atoms with E-state index in [0.717, 1.165) is 38.5 Å². The van der Waals surface area contributed by atoms with Crippen molar-refractivity contribution >= 4 is 0 Å². The van der Waals surface area contributed by atoms with Crippen molar-refractivity contribution in [3.8, 4) is 0 Å². The summed E-state index contributed by atoms with van der Waals surface area (Å²) >= 11 is 0. The van der Waals surface area contributed by atoms with E-state index in [1.54, 1.807) is 13.8 Å². The van der Waals surface area contributed by atoms with E-state index >= 15 is 0 Å². The first-order valence-electron chi connectivity index (χ1n) is 13.6. The first kappa shape index (κ1) is 25.7. The zero-order valence-corrected chi connectivity index (χ0v) is 22.2. The van der Waals surface area contributed by atoms with Crippen LogP contribution in [0.5, 0.6) is 0 Å². The van der Waals surface area contributed by atoms with E-state index < -0.39 is 11.7 Å². The minimum absolute atomic E-state index is 0.0886. The van der Waals surface area contributed by atoms with E-state index in [9.17, 15) is 20.4 Å². The Morgan fingerprint density at radius 3 is 2.30 bits per heavy atom. The summed E-state index contributed by atoms with van der Waals surface area (Å²) in [5, 5.41) is 43.0. The molecule has 4 nitrogen and oxygen atoms in total. The third-order valence-corrected chi connectivity index (χ3v) is 11.9. The molecule has 0 saturated heterocycles. The molecule has 0 aromatic carbocycles. The average Bonchev–Trinajstić information content (AvgIpc) is 2.95. The summed E-state index contributed by atoms with van der Waals surface area (Å²) in [5.41, 5.74) is 0.263. The molecule has 9 atom stereocenters. The van der Waals surface area contributed by atoms with Gasteiger partial charge < -0.3 is 20.4 Å². The smallest absolute Gasteiger partial charge is 0.0849 e. The van der Waals surface area contributed by atoms with E-state index in [1.807, 2.05) is 0 Å². The van der Waals surface area contributed by atoms with E-state index in [-0.39, 0.29) is 33.9 Å². The molecule has 4 aliphatic rings. The van der Waals surface area contributed by atoms with Crippen LogP contribution in [0, 0.1) is 39.4 Å². The number of hydrogen-bond acceptors (Lipinski definition) is 4. The second-order valence-electron chi connectivity index (χ2n) is 14.1. The summed E-state index contributed by atoms with van der Waals surface area (Å²) in [6, 6.07) is 0. The van der Waals surface area contributed by atoms with Gasteiger partial charge in [-0.1, -0.05) is 52.7 Å². The molecule has 0 aromatic rings. The van der Waals surface area contributed by atoms with Gasteiger partial charge in [0.1, 0.15) is 0 Å². The highest BCUT2D eigenvalue weighted by atomic mass is 16.3. The van der Waals surface area contributed by atoms with Gasteiger partial charge in [-0.15, -0.1) is 0 Å². The Morgan fingerprint density at radius 2 is 1.67 bits per heavy atom. The van der Waals surface area contributed by atoms with E-state index in [2.05, 4.69) is 40.7 Å².